The predicted octanol–water partition coefficient (Wildman–Crippen LogP) is 2.30. The molecule has 1 aromatic carbocycles. The highest BCUT2D eigenvalue weighted by atomic mass is 35.5. The SMILES string of the molecule is CCCNC(=O)C(C)NC(=O)CCc1cccc(Cl)c1. The second-order valence-corrected chi connectivity index (χ2v) is 5.15. The topological polar surface area (TPSA) is 58.2 Å². The van der Waals surface area contributed by atoms with Gasteiger partial charge in [0.15, 0.2) is 0 Å². The number of carbonyl (C=O) groups excluding carboxylic acids is 2. The van der Waals surface area contributed by atoms with Crippen LogP contribution in [0.1, 0.15) is 32.3 Å². The van der Waals surface area contributed by atoms with Crippen molar-refractivity contribution < 1.29 is 9.59 Å². The number of benzene rings is 1. The van der Waals surface area contributed by atoms with Gasteiger partial charge in [-0.25, -0.2) is 0 Å². The van der Waals surface area contributed by atoms with Gasteiger partial charge in [-0.3, -0.25) is 9.59 Å². The highest BCUT2D eigenvalue weighted by Gasteiger charge is 2.14. The van der Waals surface area contributed by atoms with Crippen LogP contribution in [0.3, 0.4) is 0 Å². The first kappa shape index (κ1) is 16.5. The lowest BCUT2D eigenvalue weighted by molar-refractivity contribution is -0.128. The Morgan fingerprint density at radius 1 is 1.35 bits per heavy atom. The molecule has 0 fully saturated rings. The van der Waals surface area contributed by atoms with Crippen molar-refractivity contribution >= 4 is 23.4 Å². The van der Waals surface area contributed by atoms with E-state index >= 15 is 0 Å². The maximum absolute atomic E-state index is 11.8. The summed E-state index contributed by atoms with van der Waals surface area (Å²) in [5.74, 6) is -0.285. The van der Waals surface area contributed by atoms with Crippen molar-refractivity contribution in [2.45, 2.75) is 39.2 Å². The Hall–Kier alpha value is -1.55. The van der Waals surface area contributed by atoms with Crippen LogP contribution in [0.15, 0.2) is 24.3 Å². The molecule has 1 atom stereocenters. The highest BCUT2D eigenvalue weighted by molar-refractivity contribution is 6.30. The number of hydrogen-bond acceptors (Lipinski definition) is 2. The van der Waals surface area contributed by atoms with E-state index < -0.39 is 6.04 Å². The lowest BCUT2D eigenvalue weighted by Gasteiger charge is -2.13. The first-order valence-electron chi connectivity index (χ1n) is 6.84. The number of rotatable bonds is 7. The molecule has 1 rings (SSSR count). The van der Waals surface area contributed by atoms with E-state index in [-0.39, 0.29) is 11.8 Å². The van der Waals surface area contributed by atoms with Crippen molar-refractivity contribution in [2.24, 2.45) is 0 Å². The Bertz CT molecular complexity index is 463. The van der Waals surface area contributed by atoms with Crippen LogP contribution < -0.4 is 10.6 Å². The number of halogens is 1. The third kappa shape index (κ3) is 6.06. The van der Waals surface area contributed by atoms with Crippen LogP contribution in [0.25, 0.3) is 0 Å². The van der Waals surface area contributed by atoms with E-state index in [1.165, 1.54) is 0 Å². The molecule has 0 heterocycles. The third-order valence-electron chi connectivity index (χ3n) is 2.85. The minimum Gasteiger partial charge on any atom is -0.354 e. The monoisotopic (exact) mass is 296 g/mol. The molecule has 0 saturated carbocycles. The van der Waals surface area contributed by atoms with Gasteiger partial charge in [0, 0.05) is 18.0 Å². The molecule has 0 aliphatic heterocycles. The van der Waals surface area contributed by atoms with Gasteiger partial charge in [0.25, 0.3) is 0 Å². The van der Waals surface area contributed by atoms with Gasteiger partial charge in [-0.2, -0.15) is 0 Å². The zero-order valence-electron chi connectivity index (χ0n) is 11.9. The second kappa shape index (κ2) is 8.59. The van der Waals surface area contributed by atoms with Crippen LogP contribution in [0.5, 0.6) is 0 Å². The summed E-state index contributed by atoms with van der Waals surface area (Å²) in [6.07, 6.45) is 1.82. The van der Waals surface area contributed by atoms with Gasteiger partial charge in [0.05, 0.1) is 0 Å². The Kier molecular flexibility index (Phi) is 7.09. The van der Waals surface area contributed by atoms with Crippen molar-refractivity contribution in [1.29, 1.82) is 0 Å². The van der Waals surface area contributed by atoms with E-state index in [1.807, 2.05) is 25.1 Å². The molecular weight excluding hydrogens is 276 g/mol. The van der Waals surface area contributed by atoms with Gasteiger partial charge >= 0.3 is 0 Å². The van der Waals surface area contributed by atoms with Crippen LogP contribution in [0.2, 0.25) is 5.02 Å². The van der Waals surface area contributed by atoms with Gasteiger partial charge in [0.2, 0.25) is 11.8 Å². The van der Waals surface area contributed by atoms with Gasteiger partial charge in [-0.15, -0.1) is 0 Å². The Morgan fingerprint density at radius 3 is 2.75 bits per heavy atom. The van der Waals surface area contributed by atoms with Crippen LogP contribution in [0, 0.1) is 0 Å². The van der Waals surface area contributed by atoms with Gasteiger partial charge < -0.3 is 10.6 Å². The number of amides is 2. The maximum Gasteiger partial charge on any atom is 0.242 e. The molecule has 5 heteroatoms. The van der Waals surface area contributed by atoms with Gasteiger partial charge in [0.1, 0.15) is 6.04 Å². The average molecular weight is 297 g/mol. The van der Waals surface area contributed by atoms with Crippen LogP contribution in [0.4, 0.5) is 0 Å². The quantitative estimate of drug-likeness (QED) is 0.811. The summed E-state index contributed by atoms with van der Waals surface area (Å²) in [5, 5.41) is 6.10. The lowest BCUT2D eigenvalue weighted by atomic mass is 10.1. The molecule has 2 amide bonds. The molecule has 110 valence electrons. The zero-order valence-corrected chi connectivity index (χ0v) is 12.7. The number of carbonyl (C=O) groups is 2. The summed E-state index contributed by atoms with van der Waals surface area (Å²) >= 11 is 5.88. The summed E-state index contributed by atoms with van der Waals surface area (Å²) in [6.45, 7) is 4.29. The molecule has 0 radical (unpaired) electrons. The maximum atomic E-state index is 11.8. The minimum absolute atomic E-state index is 0.135. The average Bonchev–Trinajstić information content (AvgIpc) is 2.42. The standard InChI is InChI=1S/C15H21ClN2O2/c1-3-9-17-15(20)11(2)18-14(19)8-7-12-5-4-6-13(16)10-12/h4-6,10-11H,3,7-9H2,1-2H3,(H,17,20)(H,18,19). The molecule has 0 saturated heterocycles. The Labute approximate surface area is 124 Å². The first-order valence-corrected chi connectivity index (χ1v) is 7.22. The van der Waals surface area contributed by atoms with Crippen LogP contribution >= 0.6 is 11.6 Å². The zero-order chi connectivity index (χ0) is 15.0. The fourth-order valence-electron chi connectivity index (χ4n) is 1.73. The summed E-state index contributed by atoms with van der Waals surface area (Å²) in [5.41, 5.74) is 1.01. The van der Waals surface area contributed by atoms with Crippen LogP contribution in [-0.2, 0) is 16.0 Å². The normalized spacial score (nSPS) is 11.8. The summed E-state index contributed by atoms with van der Waals surface area (Å²) in [6, 6.07) is 6.91. The van der Waals surface area contributed by atoms with E-state index in [1.54, 1.807) is 13.0 Å². The molecule has 0 aliphatic rings. The molecule has 0 aromatic heterocycles. The molecule has 1 aromatic rings. The molecule has 2 N–H and O–H groups in total. The lowest BCUT2D eigenvalue weighted by Crippen LogP contribution is -2.45. The predicted molar refractivity (Wildman–Crippen MR) is 80.7 cm³/mol. The van der Waals surface area contributed by atoms with E-state index in [2.05, 4.69) is 10.6 Å². The van der Waals surface area contributed by atoms with E-state index in [4.69, 9.17) is 11.6 Å². The molecule has 0 bridgehead atoms. The van der Waals surface area contributed by atoms with Crippen molar-refractivity contribution in [2.75, 3.05) is 6.54 Å². The fraction of sp³-hybridized carbons (Fsp3) is 0.467. The molecule has 4 nitrogen and oxygen atoms in total. The molecule has 1 unspecified atom stereocenters. The minimum atomic E-state index is -0.506. The molecule has 20 heavy (non-hydrogen) atoms. The summed E-state index contributed by atoms with van der Waals surface area (Å²) < 4.78 is 0. The third-order valence-corrected chi connectivity index (χ3v) is 3.08. The second-order valence-electron chi connectivity index (χ2n) is 4.71. The highest BCUT2D eigenvalue weighted by Crippen LogP contribution is 2.12. The smallest absolute Gasteiger partial charge is 0.242 e. The first-order chi connectivity index (χ1) is 9.52. The van der Waals surface area contributed by atoms with E-state index in [0.29, 0.717) is 24.4 Å². The number of hydrogen-bond donors (Lipinski definition) is 2. The Morgan fingerprint density at radius 2 is 2.10 bits per heavy atom. The summed E-state index contributed by atoms with van der Waals surface area (Å²) in [7, 11) is 0. The molecular formula is C15H21ClN2O2. The Balaban J connectivity index is 2.34. The van der Waals surface area contributed by atoms with E-state index in [9.17, 15) is 9.59 Å². The van der Waals surface area contributed by atoms with Crippen molar-refractivity contribution in [1.82, 2.24) is 10.6 Å². The number of aryl methyl sites for hydroxylation is 1. The van der Waals surface area contributed by atoms with E-state index in [0.717, 1.165) is 12.0 Å². The molecule has 0 spiro atoms. The van der Waals surface area contributed by atoms with Gasteiger partial charge in [-0.05, 0) is 37.5 Å². The largest absolute Gasteiger partial charge is 0.354 e. The van der Waals surface area contributed by atoms with Crippen molar-refractivity contribution in [3.05, 3.63) is 34.9 Å². The van der Waals surface area contributed by atoms with Gasteiger partial charge in [-0.1, -0.05) is 30.7 Å². The van der Waals surface area contributed by atoms with Crippen LogP contribution in [-0.4, -0.2) is 24.4 Å². The van der Waals surface area contributed by atoms with Crippen molar-refractivity contribution in [3.8, 4) is 0 Å². The van der Waals surface area contributed by atoms with Crippen molar-refractivity contribution in [3.63, 3.8) is 0 Å². The number of nitrogens with one attached hydrogen (secondary N) is 2. The summed E-state index contributed by atoms with van der Waals surface area (Å²) in [4.78, 5) is 23.4. The molecule has 0 aliphatic carbocycles. The fourth-order valence-corrected chi connectivity index (χ4v) is 1.94.